The van der Waals surface area contributed by atoms with Crippen molar-refractivity contribution in [1.29, 1.82) is 0 Å². The number of carboxylic acids is 1. The van der Waals surface area contributed by atoms with Crippen molar-refractivity contribution in [2.75, 3.05) is 10.6 Å². The Morgan fingerprint density at radius 2 is 1.89 bits per heavy atom. The average molecular weight is 421 g/mol. The standard InChI is InChI=1S/C20H21ClN2O4S/c21-12-6-8-13(9-7-12)22-18(25)17-14-4-2-1-3-5-16(14)28-19(17)23-15(10-11-24)20(26)27/h6-9,11,15,23H,1-5,10H2,(H,22,25)(H,26,27). The van der Waals surface area contributed by atoms with Gasteiger partial charge in [-0.05, 0) is 55.5 Å². The Balaban J connectivity index is 1.95. The van der Waals surface area contributed by atoms with Crippen LogP contribution in [0.5, 0.6) is 0 Å². The number of halogens is 1. The van der Waals surface area contributed by atoms with Crippen molar-refractivity contribution >= 4 is 51.8 Å². The van der Waals surface area contributed by atoms with Crippen molar-refractivity contribution in [3.8, 4) is 0 Å². The van der Waals surface area contributed by atoms with Gasteiger partial charge in [0.25, 0.3) is 5.91 Å². The Hall–Kier alpha value is -2.38. The molecule has 1 atom stereocenters. The third-order valence-electron chi connectivity index (χ3n) is 4.69. The molecule has 8 heteroatoms. The molecule has 0 radical (unpaired) electrons. The fraction of sp³-hybridized carbons (Fsp3) is 0.350. The molecule has 3 rings (SSSR count). The van der Waals surface area contributed by atoms with E-state index >= 15 is 0 Å². The molecule has 6 nitrogen and oxygen atoms in total. The summed E-state index contributed by atoms with van der Waals surface area (Å²) in [6.07, 6.45) is 5.18. The van der Waals surface area contributed by atoms with Crippen molar-refractivity contribution in [1.82, 2.24) is 0 Å². The molecular weight excluding hydrogens is 400 g/mol. The van der Waals surface area contributed by atoms with Gasteiger partial charge in [-0.25, -0.2) is 4.79 Å². The third kappa shape index (κ3) is 4.72. The highest BCUT2D eigenvalue weighted by Gasteiger charge is 2.27. The minimum Gasteiger partial charge on any atom is -0.480 e. The van der Waals surface area contributed by atoms with E-state index in [2.05, 4.69) is 10.6 Å². The molecule has 1 aliphatic carbocycles. The molecule has 2 aromatic rings. The molecular formula is C20H21ClN2O4S. The number of aliphatic carboxylic acids is 1. The quantitative estimate of drug-likeness (QED) is 0.456. The van der Waals surface area contributed by atoms with Crippen molar-refractivity contribution in [2.24, 2.45) is 0 Å². The van der Waals surface area contributed by atoms with Crippen LogP contribution in [0.25, 0.3) is 0 Å². The summed E-state index contributed by atoms with van der Waals surface area (Å²) in [7, 11) is 0. The van der Waals surface area contributed by atoms with Gasteiger partial charge in [0.05, 0.1) is 5.56 Å². The summed E-state index contributed by atoms with van der Waals surface area (Å²) < 4.78 is 0. The summed E-state index contributed by atoms with van der Waals surface area (Å²) in [5.41, 5.74) is 2.07. The molecule has 0 saturated heterocycles. The maximum atomic E-state index is 13.1. The number of carbonyl (C=O) groups is 3. The summed E-state index contributed by atoms with van der Waals surface area (Å²) >= 11 is 7.31. The SMILES string of the molecule is O=CCC(Nc1sc2c(c1C(=O)Nc1ccc(Cl)cc1)CCCCC2)C(=O)O. The molecule has 1 aromatic heterocycles. The number of fused-ring (bicyclic) bond motifs is 1. The maximum Gasteiger partial charge on any atom is 0.326 e. The first kappa shape index (κ1) is 20.4. The van der Waals surface area contributed by atoms with Gasteiger partial charge < -0.3 is 20.5 Å². The van der Waals surface area contributed by atoms with Gasteiger partial charge in [-0.1, -0.05) is 18.0 Å². The molecule has 0 saturated carbocycles. The van der Waals surface area contributed by atoms with Crippen LogP contribution in [0.1, 0.15) is 46.5 Å². The van der Waals surface area contributed by atoms with Gasteiger partial charge in [0.15, 0.2) is 0 Å². The van der Waals surface area contributed by atoms with Gasteiger partial charge in [0, 0.05) is 22.0 Å². The minimum atomic E-state index is -1.13. The Morgan fingerprint density at radius 3 is 2.57 bits per heavy atom. The van der Waals surface area contributed by atoms with Gasteiger partial charge >= 0.3 is 5.97 Å². The second-order valence-electron chi connectivity index (χ2n) is 6.67. The molecule has 0 fully saturated rings. The molecule has 1 heterocycles. The molecule has 1 amide bonds. The number of anilines is 2. The van der Waals surface area contributed by atoms with Crippen molar-refractivity contribution in [3.63, 3.8) is 0 Å². The van der Waals surface area contributed by atoms with E-state index in [1.165, 1.54) is 11.3 Å². The van der Waals surface area contributed by atoms with Gasteiger partial charge in [0.2, 0.25) is 0 Å². The third-order valence-corrected chi connectivity index (χ3v) is 6.16. The fourth-order valence-corrected chi connectivity index (χ4v) is 4.75. The molecule has 0 spiro atoms. The number of amides is 1. The van der Waals surface area contributed by atoms with Crippen LogP contribution >= 0.6 is 22.9 Å². The van der Waals surface area contributed by atoms with Crippen LogP contribution < -0.4 is 10.6 Å². The Labute approximate surface area is 171 Å². The van der Waals surface area contributed by atoms with E-state index in [1.54, 1.807) is 24.3 Å². The Morgan fingerprint density at radius 1 is 1.18 bits per heavy atom. The first-order valence-corrected chi connectivity index (χ1v) is 10.3. The maximum absolute atomic E-state index is 13.1. The first-order chi connectivity index (χ1) is 13.5. The zero-order chi connectivity index (χ0) is 20.1. The van der Waals surface area contributed by atoms with Crippen LogP contribution in [0.2, 0.25) is 5.02 Å². The second kappa shape index (κ2) is 9.21. The monoisotopic (exact) mass is 420 g/mol. The molecule has 1 unspecified atom stereocenters. The number of hydrogen-bond donors (Lipinski definition) is 3. The summed E-state index contributed by atoms with van der Waals surface area (Å²) in [4.78, 5) is 36.5. The molecule has 0 bridgehead atoms. The van der Waals surface area contributed by atoms with E-state index in [-0.39, 0.29) is 12.3 Å². The van der Waals surface area contributed by atoms with Crippen LogP contribution in [0, 0.1) is 0 Å². The zero-order valence-electron chi connectivity index (χ0n) is 15.2. The molecule has 1 aromatic carbocycles. The van der Waals surface area contributed by atoms with Crippen molar-refractivity contribution in [2.45, 2.75) is 44.6 Å². The van der Waals surface area contributed by atoms with Crippen molar-refractivity contribution < 1.29 is 19.5 Å². The highest BCUT2D eigenvalue weighted by Crippen LogP contribution is 2.38. The van der Waals surface area contributed by atoms with Gasteiger partial charge in [0.1, 0.15) is 17.3 Å². The second-order valence-corrected chi connectivity index (χ2v) is 8.21. The van der Waals surface area contributed by atoms with Crippen LogP contribution in [-0.2, 0) is 22.4 Å². The van der Waals surface area contributed by atoms with E-state index in [4.69, 9.17) is 11.6 Å². The van der Waals surface area contributed by atoms with Gasteiger partial charge in [-0.15, -0.1) is 11.3 Å². The Kier molecular flexibility index (Phi) is 6.70. The molecule has 1 aliphatic rings. The van der Waals surface area contributed by atoms with E-state index < -0.39 is 12.0 Å². The van der Waals surface area contributed by atoms with Crippen LogP contribution in [0.15, 0.2) is 24.3 Å². The largest absolute Gasteiger partial charge is 0.480 e. The number of nitrogens with one attached hydrogen (secondary N) is 2. The van der Waals surface area contributed by atoms with E-state index in [0.29, 0.717) is 27.6 Å². The number of carboxylic acid groups (broad SMARTS) is 1. The summed E-state index contributed by atoms with van der Waals surface area (Å²) in [5.74, 6) is -1.42. The number of aryl methyl sites for hydroxylation is 1. The topological polar surface area (TPSA) is 95.5 Å². The minimum absolute atomic E-state index is 0.170. The smallest absolute Gasteiger partial charge is 0.326 e. The molecule has 0 aliphatic heterocycles. The normalized spacial score (nSPS) is 14.5. The van der Waals surface area contributed by atoms with E-state index in [0.717, 1.165) is 42.5 Å². The average Bonchev–Trinajstić information content (AvgIpc) is 2.84. The number of aldehydes is 1. The highest BCUT2D eigenvalue weighted by molar-refractivity contribution is 7.16. The lowest BCUT2D eigenvalue weighted by Gasteiger charge is -2.14. The fourth-order valence-electron chi connectivity index (χ4n) is 3.29. The summed E-state index contributed by atoms with van der Waals surface area (Å²) in [5, 5.41) is 16.2. The predicted octanol–water partition coefficient (Wildman–Crippen LogP) is 4.38. The lowest BCUT2D eigenvalue weighted by Crippen LogP contribution is -2.30. The van der Waals surface area contributed by atoms with Gasteiger partial charge in [-0.3, -0.25) is 4.79 Å². The molecule has 3 N–H and O–H groups in total. The summed E-state index contributed by atoms with van der Waals surface area (Å²) in [6, 6.07) is 5.74. The number of carbonyl (C=O) groups excluding carboxylic acids is 2. The summed E-state index contributed by atoms with van der Waals surface area (Å²) in [6.45, 7) is 0. The number of rotatable bonds is 7. The lowest BCUT2D eigenvalue weighted by molar-refractivity contribution is -0.138. The lowest BCUT2D eigenvalue weighted by atomic mass is 10.0. The number of thiophene rings is 1. The van der Waals surface area contributed by atoms with Gasteiger partial charge in [-0.2, -0.15) is 0 Å². The van der Waals surface area contributed by atoms with E-state index in [1.807, 2.05) is 0 Å². The number of benzene rings is 1. The van der Waals surface area contributed by atoms with Crippen molar-refractivity contribution in [3.05, 3.63) is 45.3 Å². The van der Waals surface area contributed by atoms with Crippen LogP contribution in [-0.4, -0.2) is 29.3 Å². The first-order valence-electron chi connectivity index (χ1n) is 9.14. The van der Waals surface area contributed by atoms with Crippen LogP contribution in [0.3, 0.4) is 0 Å². The number of hydrogen-bond acceptors (Lipinski definition) is 5. The molecule has 28 heavy (non-hydrogen) atoms. The molecule has 148 valence electrons. The Bertz CT molecular complexity index is 879. The zero-order valence-corrected chi connectivity index (χ0v) is 16.7. The van der Waals surface area contributed by atoms with E-state index in [9.17, 15) is 19.5 Å². The predicted molar refractivity (Wildman–Crippen MR) is 111 cm³/mol. The van der Waals surface area contributed by atoms with Crippen LogP contribution in [0.4, 0.5) is 10.7 Å². The highest BCUT2D eigenvalue weighted by atomic mass is 35.5.